The fraction of sp³-hybridized carbons (Fsp3) is 0.0556. The van der Waals surface area contributed by atoms with Crippen molar-refractivity contribution in [2.45, 2.75) is 6.92 Å². The third-order valence-electron chi connectivity index (χ3n) is 3.75. The van der Waals surface area contributed by atoms with Gasteiger partial charge in [0.25, 0.3) is 11.5 Å². The molecule has 26 heavy (non-hydrogen) atoms. The molecule has 1 heterocycles. The SMILES string of the molecule is Cc1ccc2c(=O)n(-c3cccc(F)c3)cc(C(=O)NC(=N)N)c2c1.Cl. The summed E-state index contributed by atoms with van der Waals surface area (Å²) in [6.07, 6.45) is 1.33. The van der Waals surface area contributed by atoms with Crippen LogP contribution in [-0.4, -0.2) is 16.4 Å². The van der Waals surface area contributed by atoms with Gasteiger partial charge in [-0.3, -0.25) is 24.9 Å². The van der Waals surface area contributed by atoms with E-state index in [1.165, 1.54) is 29.0 Å². The number of rotatable bonds is 2. The fourth-order valence-corrected chi connectivity index (χ4v) is 2.64. The minimum Gasteiger partial charge on any atom is -0.370 e. The Bertz CT molecular complexity index is 1080. The molecule has 2 aromatic carbocycles. The first-order valence-corrected chi connectivity index (χ1v) is 7.44. The molecule has 134 valence electrons. The molecule has 0 fully saturated rings. The predicted octanol–water partition coefficient (Wildman–Crippen LogP) is 2.48. The first-order chi connectivity index (χ1) is 11.9. The molecule has 4 N–H and O–H groups in total. The van der Waals surface area contributed by atoms with E-state index in [1.54, 1.807) is 24.3 Å². The van der Waals surface area contributed by atoms with Crippen molar-refractivity contribution in [1.82, 2.24) is 9.88 Å². The Labute approximate surface area is 154 Å². The van der Waals surface area contributed by atoms with E-state index in [0.29, 0.717) is 16.5 Å². The van der Waals surface area contributed by atoms with E-state index in [0.717, 1.165) is 5.56 Å². The minimum absolute atomic E-state index is 0. The Morgan fingerprint density at radius 2 is 1.92 bits per heavy atom. The second kappa shape index (κ2) is 7.37. The van der Waals surface area contributed by atoms with Gasteiger partial charge in [0.15, 0.2) is 5.96 Å². The number of guanidine groups is 1. The molecular weight excluding hydrogens is 359 g/mol. The lowest BCUT2D eigenvalue weighted by Gasteiger charge is -2.13. The number of amides is 1. The van der Waals surface area contributed by atoms with Gasteiger partial charge in [-0.1, -0.05) is 23.8 Å². The fourth-order valence-electron chi connectivity index (χ4n) is 2.64. The highest BCUT2D eigenvalue weighted by Gasteiger charge is 2.16. The van der Waals surface area contributed by atoms with E-state index in [2.05, 4.69) is 5.32 Å². The van der Waals surface area contributed by atoms with Gasteiger partial charge in [0, 0.05) is 17.0 Å². The van der Waals surface area contributed by atoms with E-state index in [1.807, 2.05) is 6.92 Å². The summed E-state index contributed by atoms with van der Waals surface area (Å²) >= 11 is 0. The monoisotopic (exact) mass is 374 g/mol. The topological polar surface area (TPSA) is 101 Å². The van der Waals surface area contributed by atoms with Crippen LogP contribution in [0.15, 0.2) is 53.5 Å². The Balaban J connectivity index is 0.00000243. The normalized spacial score (nSPS) is 10.2. The Morgan fingerprint density at radius 3 is 2.58 bits per heavy atom. The predicted molar refractivity (Wildman–Crippen MR) is 101 cm³/mol. The quantitative estimate of drug-likeness (QED) is 0.474. The van der Waals surface area contributed by atoms with Gasteiger partial charge in [0.05, 0.1) is 11.3 Å². The van der Waals surface area contributed by atoms with Crippen molar-refractivity contribution in [2.75, 3.05) is 0 Å². The lowest BCUT2D eigenvalue weighted by Crippen LogP contribution is -2.36. The van der Waals surface area contributed by atoms with Gasteiger partial charge in [0.1, 0.15) is 5.82 Å². The first kappa shape index (κ1) is 19.1. The van der Waals surface area contributed by atoms with Crippen LogP contribution in [0.5, 0.6) is 0 Å². The number of halogens is 2. The number of benzene rings is 2. The van der Waals surface area contributed by atoms with E-state index in [-0.39, 0.29) is 23.5 Å². The summed E-state index contributed by atoms with van der Waals surface area (Å²) < 4.78 is 14.7. The molecule has 1 amide bonds. The van der Waals surface area contributed by atoms with Gasteiger partial charge in [-0.25, -0.2) is 4.39 Å². The van der Waals surface area contributed by atoms with Crippen LogP contribution in [-0.2, 0) is 0 Å². The van der Waals surface area contributed by atoms with Crippen LogP contribution in [0.4, 0.5) is 4.39 Å². The molecule has 0 saturated carbocycles. The van der Waals surface area contributed by atoms with Gasteiger partial charge in [-0.15, -0.1) is 12.4 Å². The lowest BCUT2D eigenvalue weighted by atomic mass is 10.0. The molecule has 3 aromatic rings. The van der Waals surface area contributed by atoms with Gasteiger partial charge in [0.2, 0.25) is 0 Å². The molecule has 0 aliphatic carbocycles. The van der Waals surface area contributed by atoms with Gasteiger partial charge in [-0.2, -0.15) is 0 Å². The number of carbonyl (C=O) groups excluding carboxylic acids is 1. The second-order valence-electron chi connectivity index (χ2n) is 5.61. The minimum atomic E-state index is -0.617. The standard InChI is InChI=1S/C18H15FN4O2.ClH/c1-10-5-6-13-14(7-10)15(16(24)22-18(20)21)9-23(17(13)25)12-4-2-3-11(19)8-12;/h2-9H,1H3,(H4,20,21,22,24);1H. The van der Waals surface area contributed by atoms with Crippen LogP contribution in [0.25, 0.3) is 16.5 Å². The van der Waals surface area contributed by atoms with Crippen LogP contribution in [0.2, 0.25) is 0 Å². The average Bonchev–Trinajstić information content (AvgIpc) is 2.54. The summed E-state index contributed by atoms with van der Waals surface area (Å²) in [6, 6.07) is 10.6. The van der Waals surface area contributed by atoms with Crippen molar-refractivity contribution in [2.24, 2.45) is 5.73 Å². The van der Waals surface area contributed by atoms with E-state index < -0.39 is 17.7 Å². The molecule has 0 spiro atoms. The van der Waals surface area contributed by atoms with Crippen LogP contribution >= 0.6 is 12.4 Å². The molecule has 0 unspecified atom stereocenters. The molecule has 0 bridgehead atoms. The maximum atomic E-state index is 13.5. The Hall–Kier alpha value is -3.19. The van der Waals surface area contributed by atoms with Crippen molar-refractivity contribution < 1.29 is 9.18 Å². The molecule has 6 nitrogen and oxygen atoms in total. The maximum Gasteiger partial charge on any atom is 0.262 e. The number of hydrogen-bond acceptors (Lipinski definition) is 3. The van der Waals surface area contributed by atoms with E-state index >= 15 is 0 Å². The Morgan fingerprint density at radius 1 is 1.19 bits per heavy atom. The number of aryl methyl sites for hydroxylation is 1. The summed E-state index contributed by atoms with van der Waals surface area (Å²) in [4.78, 5) is 25.2. The first-order valence-electron chi connectivity index (χ1n) is 7.44. The zero-order valence-electron chi connectivity index (χ0n) is 13.7. The van der Waals surface area contributed by atoms with Crippen molar-refractivity contribution in [3.8, 4) is 5.69 Å². The number of aromatic nitrogens is 1. The van der Waals surface area contributed by atoms with Crippen LogP contribution in [0.1, 0.15) is 15.9 Å². The van der Waals surface area contributed by atoms with E-state index in [9.17, 15) is 14.0 Å². The number of fused-ring (bicyclic) bond motifs is 1. The summed E-state index contributed by atoms with van der Waals surface area (Å²) in [5, 5.41) is 10.2. The highest BCUT2D eigenvalue weighted by atomic mass is 35.5. The zero-order chi connectivity index (χ0) is 18.1. The number of nitrogens with zero attached hydrogens (tertiary/aromatic N) is 1. The summed E-state index contributed by atoms with van der Waals surface area (Å²) in [5.74, 6) is -1.62. The van der Waals surface area contributed by atoms with Gasteiger partial charge in [-0.05, 0) is 31.2 Å². The largest absolute Gasteiger partial charge is 0.370 e. The third-order valence-corrected chi connectivity index (χ3v) is 3.75. The third kappa shape index (κ3) is 3.57. The highest BCUT2D eigenvalue weighted by molar-refractivity contribution is 6.12. The maximum absolute atomic E-state index is 13.5. The van der Waals surface area contributed by atoms with Crippen molar-refractivity contribution >= 4 is 35.0 Å². The van der Waals surface area contributed by atoms with Crippen molar-refractivity contribution in [3.63, 3.8) is 0 Å². The highest BCUT2D eigenvalue weighted by Crippen LogP contribution is 2.19. The summed E-state index contributed by atoms with van der Waals surface area (Å²) in [7, 11) is 0. The molecular formula is C18H16ClFN4O2. The Kier molecular flexibility index (Phi) is 5.42. The average molecular weight is 375 g/mol. The van der Waals surface area contributed by atoms with E-state index in [4.69, 9.17) is 11.1 Å². The van der Waals surface area contributed by atoms with Crippen LogP contribution in [0, 0.1) is 18.2 Å². The number of nitrogens with one attached hydrogen (secondary N) is 2. The number of carbonyl (C=O) groups is 1. The van der Waals surface area contributed by atoms with Crippen molar-refractivity contribution in [3.05, 3.63) is 76.0 Å². The molecule has 0 aliphatic rings. The molecule has 3 rings (SSSR count). The summed E-state index contributed by atoms with van der Waals surface area (Å²) in [5.41, 5.74) is 6.19. The molecule has 0 atom stereocenters. The molecule has 0 aliphatic heterocycles. The van der Waals surface area contributed by atoms with Crippen molar-refractivity contribution in [1.29, 1.82) is 5.41 Å². The van der Waals surface area contributed by atoms with Crippen LogP contribution < -0.4 is 16.6 Å². The molecule has 0 saturated heterocycles. The number of hydrogen-bond donors (Lipinski definition) is 3. The van der Waals surface area contributed by atoms with Gasteiger partial charge < -0.3 is 5.73 Å². The summed E-state index contributed by atoms with van der Waals surface area (Å²) in [6.45, 7) is 1.84. The number of pyridine rings is 1. The molecule has 0 radical (unpaired) electrons. The van der Waals surface area contributed by atoms with Gasteiger partial charge >= 0.3 is 0 Å². The van der Waals surface area contributed by atoms with Crippen LogP contribution in [0.3, 0.4) is 0 Å². The molecule has 8 heteroatoms. The second-order valence-corrected chi connectivity index (χ2v) is 5.61. The lowest BCUT2D eigenvalue weighted by molar-refractivity contribution is 0.0977. The smallest absolute Gasteiger partial charge is 0.262 e. The number of nitrogens with two attached hydrogens (primary N) is 1. The zero-order valence-corrected chi connectivity index (χ0v) is 14.6. The molecule has 1 aromatic heterocycles.